The van der Waals surface area contributed by atoms with Crippen LogP contribution in [0.3, 0.4) is 0 Å². The number of rotatable bonds is 35. The van der Waals surface area contributed by atoms with Gasteiger partial charge in [0, 0.05) is 37.7 Å². The Hall–Kier alpha value is -5.25. The van der Waals surface area contributed by atoms with E-state index in [9.17, 15) is 24.9 Å². The largest absolute Gasteiger partial charge is 0.496 e. The molecule has 1 aliphatic heterocycles. The van der Waals surface area contributed by atoms with E-state index in [4.69, 9.17) is 38.4 Å². The van der Waals surface area contributed by atoms with Gasteiger partial charge in [-0.25, -0.2) is 4.79 Å². The van der Waals surface area contributed by atoms with Crippen molar-refractivity contribution in [1.82, 2.24) is 4.90 Å². The molecule has 1 fully saturated rings. The number of nitrogens with zero attached hydrogens (tertiary/aromatic N) is 2. The Morgan fingerprint density at radius 1 is 0.836 bits per heavy atom. The molecule has 14 nitrogen and oxygen atoms in total. The van der Waals surface area contributed by atoms with Crippen molar-refractivity contribution in [3.63, 3.8) is 0 Å². The molecule has 3 aromatic rings. The number of unbranched alkanes of at least 4 members (excludes halogenated alkanes) is 11. The molecule has 0 aromatic heterocycles. The van der Waals surface area contributed by atoms with Gasteiger partial charge in [-0.2, -0.15) is 0 Å². The Bertz CT molecular complexity index is 2200. The highest BCUT2D eigenvalue weighted by Crippen LogP contribution is 2.62. The number of carbonyl (C=O) groups excluding carboxylic acids is 2. The number of methoxy groups -OCH3 is 1. The zero-order chi connectivity index (χ0) is 51.7. The lowest BCUT2D eigenvalue weighted by atomic mass is 9.55. The fraction of sp³-hybridized carbons (Fsp3) is 0.576. The van der Waals surface area contributed by atoms with Crippen LogP contribution in [0.4, 0.5) is 4.79 Å². The van der Waals surface area contributed by atoms with Gasteiger partial charge in [0.15, 0.2) is 6.29 Å². The van der Waals surface area contributed by atoms with E-state index in [2.05, 4.69) is 19.6 Å². The molecule has 1 amide bonds. The van der Waals surface area contributed by atoms with Crippen molar-refractivity contribution in [3.05, 3.63) is 108 Å². The zero-order valence-corrected chi connectivity index (χ0v) is 43.5. The number of amides is 1. The molecular weight excluding hydrogens is 929 g/mol. The van der Waals surface area contributed by atoms with E-state index in [-0.39, 0.29) is 83.6 Å². The SMILES string of the molecule is C=CCO[C@@]12Oc3ccc(Oc4ccc(OC)c(C=O)c4)cc3[C@H]3[C@H](CCCCO)[C@@H](CCCCO)C=C(C(=NOCc4ccccc4)C[C@@H]1N(CCOCCO)C(=O)OCCCCCCCCCCCC)[C@H]32. The third-order valence-corrected chi connectivity index (χ3v) is 14.5. The number of aliphatic hydroxyl groups excluding tert-OH is 3. The molecule has 400 valence electrons. The minimum atomic E-state index is -1.52. The number of benzene rings is 3. The Balaban J connectivity index is 1.46. The summed E-state index contributed by atoms with van der Waals surface area (Å²) in [4.78, 5) is 34.9. The Kier molecular flexibility index (Phi) is 24.1. The van der Waals surface area contributed by atoms with Crippen LogP contribution in [-0.4, -0.2) is 110 Å². The maximum Gasteiger partial charge on any atom is 0.410 e. The molecule has 0 unspecified atom stereocenters. The quantitative estimate of drug-likeness (QED) is 0.0220. The Morgan fingerprint density at radius 3 is 2.25 bits per heavy atom. The molecular formula is C59H82N2O12. The van der Waals surface area contributed by atoms with E-state index in [1.807, 2.05) is 48.5 Å². The number of ether oxygens (including phenoxy) is 6. The second kappa shape index (κ2) is 30.8. The highest BCUT2D eigenvalue weighted by molar-refractivity contribution is 6.03. The van der Waals surface area contributed by atoms with Gasteiger partial charge in [-0.05, 0) is 91.5 Å². The summed E-state index contributed by atoms with van der Waals surface area (Å²) in [7, 11) is 1.51. The van der Waals surface area contributed by atoms with Crippen LogP contribution in [0.5, 0.6) is 23.0 Å². The van der Waals surface area contributed by atoms with Gasteiger partial charge in [-0.1, -0.05) is 125 Å². The number of allylic oxidation sites excluding steroid dienone is 1. The first-order valence-corrected chi connectivity index (χ1v) is 27.0. The minimum Gasteiger partial charge on any atom is -0.496 e. The predicted molar refractivity (Wildman–Crippen MR) is 282 cm³/mol. The molecule has 14 heteroatoms. The van der Waals surface area contributed by atoms with Gasteiger partial charge in [-0.3, -0.25) is 9.69 Å². The molecule has 0 spiro atoms. The van der Waals surface area contributed by atoms with E-state index in [0.717, 1.165) is 74.4 Å². The summed E-state index contributed by atoms with van der Waals surface area (Å²) in [5.74, 6) is -0.450. The van der Waals surface area contributed by atoms with Gasteiger partial charge < -0.3 is 48.6 Å². The van der Waals surface area contributed by atoms with Crippen LogP contribution in [0.15, 0.2) is 96.2 Å². The second-order valence-electron chi connectivity index (χ2n) is 19.5. The number of oxime groups is 1. The molecule has 6 atom stereocenters. The molecule has 3 aromatic carbocycles. The van der Waals surface area contributed by atoms with Crippen molar-refractivity contribution in [2.45, 2.75) is 140 Å². The number of hydrogen-bond acceptors (Lipinski definition) is 13. The standard InChI is InChI=1S/C59H82N2O12/c1-4-6-7-8-9-10-11-12-13-21-35-69-58(66)61(30-36-68-37-33-64)55-41-52(60-71-43-44-22-15-14-16-23-44)50-39-45(24-17-19-31-62)49(25-18-20-32-63)56-51-40-48(72-47-26-28-53(67-3)46(38-47)42-65)27-29-54(51)73-59(55,57(50)56)70-34-5-2/h5,14-16,22-23,26-29,38-40,42,45,49,55-57,62-64H,2,4,6-13,17-21,24-25,30-37,41,43H2,1,3H3/t45-,49+,55-,56+,57+,59+/m0/s1. The summed E-state index contributed by atoms with van der Waals surface area (Å²) >= 11 is 0. The van der Waals surface area contributed by atoms with E-state index in [0.29, 0.717) is 47.1 Å². The molecule has 3 aliphatic rings. The summed E-state index contributed by atoms with van der Waals surface area (Å²) in [6.45, 7) is 7.11. The topological polar surface area (TPSA) is 175 Å². The first kappa shape index (κ1) is 57.0. The van der Waals surface area contributed by atoms with E-state index in [1.165, 1.54) is 45.6 Å². The maximum absolute atomic E-state index is 14.9. The lowest BCUT2D eigenvalue weighted by molar-refractivity contribution is -0.256. The number of fused-ring (bicyclic) bond motifs is 2. The third kappa shape index (κ3) is 15.6. The smallest absolute Gasteiger partial charge is 0.410 e. The lowest BCUT2D eigenvalue weighted by Gasteiger charge is -2.59. The molecule has 0 saturated heterocycles. The predicted octanol–water partition coefficient (Wildman–Crippen LogP) is 11.5. The summed E-state index contributed by atoms with van der Waals surface area (Å²) in [5, 5.41) is 34.8. The van der Waals surface area contributed by atoms with Crippen LogP contribution >= 0.6 is 0 Å². The number of carbonyl (C=O) groups is 2. The van der Waals surface area contributed by atoms with E-state index >= 15 is 0 Å². The monoisotopic (exact) mass is 1010 g/mol. The fourth-order valence-electron chi connectivity index (χ4n) is 11.0. The van der Waals surface area contributed by atoms with Crippen molar-refractivity contribution >= 4 is 18.1 Å². The van der Waals surface area contributed by atoms with Gasteiger partial charge in [0.2, 0.25) is 5.79 Å². The maximum atomic E-state index is 14.9. The summed E-state index contributed by atoms with van der Waals surface area (Å²) in [6.07, 6.45) is 20.2. The molecule has 0 radical (unpaired) electrons. The van der Waals surface area contributed by atoms with E-state index < -0.39 is 23.8 Å². The minimum absolute atomic E-state index is 0.00995. The molecule has 6 rings (SSSR count). The van der Waals surface area contributed by atoms with E-state index in [1.54, 1.807) is 29.2 Å². The van der Waals surface area contributed by atoms with Crippen molar-refractivity contribution < 1.29 is 58.2 Å². The molecule has 73 heavy (non-hydrogen) atoms. The van der Waals surface area contributed by atoms with Crippen LogP contribution in [0, 0.1) is 17.8 Å². The average Bonchev–Trinajstić information content (AvgIpc) is 3.41. The zero-order valence-electron chi connectivity index (χ0n) is 43.5. The van der Waals surface area contributed by atoms with Gasteiger partial charge in [0.05, 0.1) is 57.3 Å². The Labute approximate surface area is 433 Å². The molecule has 1 heterocycles. The molecule has 2 aliphatic carbocycles. The summed E-state index contributed by atoms with van der Waals surface area (Å²) < 4.78 is 38.5. The van der Waals surface area contributed by atoms with Gasteiger partial charge in [-0.15, -0.1) is 6.58 Å². The first-order valence-electron chi connectivity index (χ1n) is 27.0. The molecule has 0 bridgehead atoms. The first-order chi connectivity index (χ1) is 35.9. The summed E-state index contributed by atoms with van der Waals surface area (Å²) in [5.41, 5.74) is 3.72. The fourth-order valence-corrected chi connectivity index (χ4v) is 11.0. The number of aliphatic hydroxyl groups is 3. The van der Waals surface area contributed by atoms with Gasteiger partial charge >= 0.3 is 6.09 Å². The highest BCUT2D eigenvalue weighted by atomic mass is 16.7. The van der Waals surface area contributed by atoms with Crippen LogP contribution in [-0.2, 0) is 25.7 Å². The highest BCUT2D eigenvalue weighted by Gasteiger charge is 2.65. The van der Waals surface area contributed by atoms with Crippen LogP contribution in [0.2, 0.25) is 0 Å². The van der Waals surface area contributed by atoms with Crippen molar-refractivity contribution in [2.75, 3.05) is 59.9 Å². The molecule has 3 N–H and O–H groups in total. The average molecular weight is 1010 g/mol. The number of aldehydes is 1. The van der Waals surface area contributed by atoms with Gasteiger partial charge in [0.1, 0.15) is 35.6 Å². The third-order valence-electron chi connectivity index (χ3n) is 14.5. The Morgan fingerprint density at radius 2 is 1.55 bits per heavy atom. The summed E-state index contributed by atoms with van der Waals surface area (Å²) in [6, 6.07) is 19.8. The van der Waals surface area contributed by atoms with Crippen molar-refractivity contribution in [1.29, 1.82) is 0 Å². The lowest BCUT2D eigenvalue weighted by Crippen LogP contribution is -2.70. The normalized spacial score (nSPS) is 21.3. The van der Waals surface area contributed by atoms with Crippen LogP contribution < -0.4 is 14.2 Å². The van der Waals surface area contributed by atoms with Gasteiger partial charge in [0.25, 0.3) is 0 Å². The van der Waals surface area contributed by atoms with Crippen LogP contribution in [0.1, 0.15) is 143 Å². The van der Waals surface area contributed by atoms with Crippen molar-refractivity contribution in [3.8, 4) is 23.0 Å². The second-order valence-corrected chi connectivity index (χ2v) is 19.5. The molecule has 1 saturated carbocycles. The van der Waals surface area contributed by atoms with Crippen molar-refractivity contribution in [2.24, 2.45) is 22.9 Å². The number of hydrogen-bond donors (Lipinski definition) is 3. The van der Waals surface area contributed by atoms with Crippen LogP contribution in [0.25, 0.3) is 0 Å².